The van der Waals surface area contributed by atoms with E-state index >= 15 is 0 Å². The molecule has 2 nitrogen and oxygen atoms in total. The Morgan fingerprint density at radius 2 is 0.944 bits per heavy atom. The second-order valence-corrected chi connectivity index (χ2v) is 4.94. The normalized spacial score (nSPS) is 7.78. The molecule has 0 spiro atoms. The van der Waals surface area contributed by atoms with Crippen LogP contribution < -0.4 is 0 Å². The maximum atomic E-state index is 4.76. The first-order chi connectivity index (χ1) is 7.44. The molecular formula is C10H20N2S4Zn2. The fraction of sp³-hybridized carbons (Fsp3) is 0.800. The van der Waals surface area contributed by atoms with Crippen molar-refractivity contribution in [3.05, 3.63) is 0 Å². The SMILES string of the molecule is CCN(CC)C(=S)[S-].CCN(CC)C(=S)[S-].[Zn+2].[Zn]. The molecule has 0 aliphatic carbocycles. The Bertz CT molecular complexity index is 188. The predicted molar refractivity (Wildman–Crippen MR) is 85.8 cm³/mol. The summed E-state index contributed by atoms with van der Waals surface area (Å²) >= 11 is 19.0. The third kappa shape index (κ3) is 15.5. The largest absolute Gasteiger partial charge is 2.00 e. The summed E-state index contributed by atoms with van der Waals surface area (Å²) in [4.78, 5) is 3.93. The van der Waals surface area contributed by atoms with Gasteiger partial charge in [0.2, 0.25) is 0 Å². The van der Waals surface area contributed by atoms with Crippen LogP contribution in [0.25, 0.3) is 0 Å². The van der Waals surface area contributed by atoms with Gasteiger partial charge in [0.25, 0.3) is 0 Å². The summed E-state index contributed by atoms with van der Waals surface area (Å²) < 4.78 is 1.16. The molecule has 0 saturated carbocycles. The van der Waals surface area contributed by atoms with Crippen molar-refractivity contribution in [2.45, 2.75) is 27.7 Å². The van der Waals surface area contributed by atoms with E-state index in [0.717, 1.165) is 26.2 Å². The van der Waals surface area contributed by atoms with E-state index in [2.05, 4.69) is 0 Å². The molecule has 0 rings (SSSR count). The van der Waals surface area contributed by atoms with E-state index in [1.807, 2.05) is 37.5 Å². The monoisotopic (exact) mass is 424 g/mol. The van der Waals surface area contributed by atoms with E-state index in [4.69, 9.17) is 49.7 Å². The molecule has 0 aromatic heterocycles. The van der Waals surface area contributed by atoms with Gasteiger partial charge >= 0.3 is 19.5 Å². The van der Waals surface area contributed by atoms with Crippen LogP contribution in [0.3, 0.4) is 0 Å². The van der Waals surface area contributed by atoms with E-state index in [-0.39, 0.29) is 39.0 Å². The van der Waals surface area contributed by atoms with E-state index in [1.165, 1.54) is 0 Å². The zero-order valence-electron chi connectivity index (χ0n) is 11.8. The Hall–Kier alpha value is 1.47. The molecule has 0 heterocycles. The quantitative estimate of drug-likeness (QED) is 0.383. The van der Waals surface area contributed by atoms with Crippen molar-refractivity contribution in [2.75, 3.05) is 26.2 Å². The van der Waals surface area contributed by atoms with Crippen LogP contribution in [0, 0.1) is 0 Å². The molecule has 0 radical (unpaired) electrons. The van der Waals surface area contributed by atoms with Gasteiger partial charge in [-0.25, -0.2) is 0 Å². The fourth-order valence-electron chi connectivity index (χ4n) is 0.964. The first-order valence-electron chi connectivity index (χ1n) is 5.36. The number of rotatable bonds is 4. The molecule has 98 valence electrons. The second kappa shape index (κ2) is 18.5. The predicted octanol–water partition coefficient (Wildman–Crippen LogP) is 2.32. The van der Waals surface area contributed by atoms with Gasteiger partial charge in [-0.1, -0.05) is 8.64 Å². The fourth-order valence-corrected chi connectivity index (χ4v) is 2.00. The van der Waals surface area contributed by atoms with E-state index < -0.39 is 0 Å². The standard InChI is InChI=1S/2C5H11NS2.2Zn/c2*1-3-6(4-2)5(7)8;;/h2*3-4H2,1-2H3,(H,7,8);;/q;;;+2/p-2. The van der Waals surface area contributed by atoms with E-state index in [0.29, 0.717) is 8.64 Å². The Balaban J connectivity index is -0.0000000980. The van der Waals surface area contributed by atoms with Gasteiger partial charge in [-0.3, -0.25) is 0 Å². The first kappa shape index (κ1) is 27.8. The molecule has 0 aliphatic heterocycles. The first-order valence-corrected chi connectivity index (χ1v) is 6.99. The molecule has 8 heteroatoms. The minimum absolute atomic E-state index is 0. The molecule has 0 unspecified atom stereocenters. The van der Waals surface area contributed by atoms with Crippen molar-refractivity contribution in [1.82, 2.24) is 9.80 Å². The molecule has 0 fully saturated rings. The van der Waals surface area contributed by atoms with Crippen LogP contribution in [-0.4, -0.2) is 44.6 Å². The Kier molecular flexibility index (Phi) is 28.5. The Morgan fingerprint density at radius 1 is 0.778 bits per heavy atom. The molecule has 18 heavy (non-hydrogen) atoms. The summed E-state index contributed by atoms with van der Waals surface area (Å²) in [7, 11) is 0. The van der Waals surface area contributed by atoms with Gasteiger partial charge in [0.15, 0.2) is 0 Å². The van der Waals surface area contributed by atoms with Gasteiger partial charge in [0.05, 0.1) is 0 Å². The molecule has 0 aromatic rings. The third-order valence-corrected chi connectivity index (χ3v) is 3.08. The van der Waals surface area contributed by atoms with E-state index in [1.54, 1.807) is 0 Å². The van der Waals surface area contributed by atoms with Crippen LogP contribution >= 0.6 is 24.4 Å². The van der Waals surface area contributed by atoms with Crippen molar-refractivity contribution in [1.29, 1.82) is 0 Å². The molecular weight excluding hydrogens is 407 g/mol. The summed E-state index contributed by atoms with van der Waals surface area (Å²) in [6.45, 7) is 11.9. The number of thiocarbonyl (C=S) groups is 2. The van der Waals surface area contributed by atoms with Crippen LogP contribution in [0.15, 0.2) is 0 Å². The second-order valence-electron chi connectivity index (χ2n) is 2.88. The van der Waals surface area contributed by atoms with Gasteiger partial charge in [-0.2, -0.15) is 0 Å². The summed E-state index contributed by atoms with van der Waals surface area (Å²) in [6, 6.07) is 0. The zero-order valence-corrected chi connectivity index (χ0v) is 21.0. The summed E-state index contributed by atoms with van der Waals surface area (Å²) in [6.07, 6.45) is 0. The van der Waals surface area contributed by atoms with Gasteiger partial charge in [0.1, 0.15) is 0 Å². The van der Waals surface area contributed by atoms with Crippen molar-refractivity contribution in [3.63, 3.8) is 0 Å². The third-order valence-electron chi connectivity index (χ3n) is 2.04. The number of hydrogen-bond donors (Lipinski definition) is 0. The van der Waals surface area contributed by atoms with Crippen molar-refractivity contribution >= 4 is 58.3 Å². The molecule has 0 N–H and O–H groups in total. The van der Waals surface area contributed by atoms with Gasteiger partial charge in [0, 0.05) is 45.7 Å². The van der Waals surface area contributed by atoms with Crippen molar-refractivity contribution in [2.24, 2.45) is 0 Å². The van der Waals surface area contributed by atoms with Gasteiger partial charge in [-0.05, 0) is 27.7 Å². The topological polar surface area (TPSA) is 6.48 Å². The van der Waals surface area contributed by atoms with Crippen LogP contribution in [0.2, 0.25) is 0 Å². The summed E-state index contributed by atoms with van der Waals surface area (Å²) in [5.41, 5.74) is 0. The Morgan fingerprint density at radius 3 is 0.944 bits per heavy atom. The van der Waals surface area contributed by atoms with Crippen molar-refractivity contribution < 1.29 is 39.0 Å². The molecule has 0 amide bonds. The maximum absolute atomic E-state index is 4.76. The Labute approximate surface area is 159 Å². The molecule has 0 atom stereocenters. The molecule has 0 aromatic carbocycles. The van der Waals surface area contributed by atoms with Crippen molar-refractivity contribution in [3.8, 4) is 0 Å². The maximum Gasteiger partial charge on any atom is 2.00 e. The van der Waals surface area contributed by atoms with Gasteiger partial charge < -0.3 is 59.5 Å². The zero-order chi connectivity index (χ0) is 13.1. The van der Waals surface area contributed by atoms with Crippen LogP contribution in [0.4, 0.5) is 0 Å². The molecule has 0 bridgehead atoms. The van der Waals surface area contributed by atoms with Crippen LogP contribution in [0.5, 0.6) is 0 Å². The van der Waals surface area contributed by atoms with Crippen LogP contribution in [-0.2, 0) is 64.2 Å². The minimum atomic E-state index is 0. The minimum Gasteiger partial charge on any atom is -0.411 e. The molecule has 0 saturated heterocycles. The van der Waals surface area contributed by atoms with Crippen LogP contribution in [0.1, 0.15) is 27.7 Å². The number of nitrogens with zero attached hydrogens (tertiary/aromatic N) is 2. The van der Waals surface area contributed by atoms with Gasteiger partial charge in [-0.15, -0.1) is 0 Å². The smallest absolute Gasteiger partial charge is 0.411 e. The average Bonchev–Trinajstić information content (AvgIpc) is 2.21. The average molecular weight is 427 g/mol. The number of hydrogen-bond acceptors (Lipinski definition) is 4. The summed E-state index contributed by atoms with van der Waals surface area (Å²) in [5.74, 6) is 0. The van der Waals surface area contributed by atoms with E-state index in [9.17, 15) is 0 Å². The summed E-state index contributed by atoms with van der Waals surface area (Å²) in [5, 5.41) is 0. The molecule has 0 aliphatic rings.